The summed E-state index contributed by atoms with van der Waals surface area (Å²) in [5.41, 5.74) is 0. The van der Waals surface area contributed by atoms with E-state index in [4.69, 9.17) is 9.47 Å². The van der Waals surface area contributed by atoms with Crippen molar-refractivity contribution in [3.05, 3.63) is 24.3 Å². The molecule has 0 bridgehead atoms. The van der Waals surface area contributed by atoms with E-state index in [1.54, 1.807) is 0 Å². The Balaban J connectivity index is 2.44. The number of benzene rings is 1. The highest BCUT2D eigenvalue weighted by Gasteiger charge is 2.07. The van der Waals surface area contributed by atoms with Gasteiger partial charge in [-0.05, 0) is 25.6 Å². The van der Waals surface area contributed by atoms with Crippen LogP contribution >= 0.6 is 0 Å². The van der Waals surface area contributed by atoms with E-state index in [-0.39, 0.29) is 6.61 Å². The second-order valence-electron chi connectivity index (χ2n) is 3.65. The zero-order valence-electron chi connectivity index (χ0n) is 10.5. The summed E-state index contributed by atoms with van der Waals surface area (Å²) >= 11 is 0. The van der Waals surface area contributed by atoms with E-state index in [2.05, 4.69) is 5.32 Å². The third-order valence-electron chi connectivity index (χ3n) is 2.21. The maximum atomic E-state index is 9.63. The summed E-state index contributed by atoms with van der Waals surface area (Å²) in [6, 6.07) is 7.47. The molecule has 1 aromatic rings. The van der Waals surface area contributed by atoms with Crippen molar-refractivity contribution in [2.75, 3.05) is 26.3 Å². The van der Waals surface area contributed by atoms with E-state index in [0.717, 1.165) is 6.54 Å². The van der Waals surface area contributed by atoms with Crippen LogP contribution in [0.25, 0.3) is 0 Å². The van der Waals surface area contributed by atoms with Crippen molar-refractivity contribution in [1.82, 2.24) is 5.32 Å². The Morgan fingerprint density at radius 1 is 1.18 bits per heavy atom. The van der Waals surface area contributed by atoms with Crippen LogP contribution in [0.5, 0.6) is 11.5 Å². The minimum absolute atomic E-state index is 0.261. The molecule has 2 N–H and O–H groups in total. The van der Waals surface area contributed by atoms with E-state index < -0.39 is 6.10 Å². The zero-order valence-corrected chi connectivity index (χ0v) is 10.5. The monoisotopic (exact) mass is 239 g/mol. The molecular weight excluding hydrogens is 218 g/mol. The summed E-state index contributed by atoms with van der Waals surface area (Å²) in [7, 11) is 0. The molecule has 0 unspecified atom stereocenters. The maximum Gasteiger partial charge on any atom is 0.161 e. The first-order valence-corrected chi connectivity index (χ1v) is 6.01. The van der Waals surface area contributed by atoms with Gasteiger partial charge in [-0.3, -0.25) is 0 Å². The molecule has 0 aromatic heterocycles. The van der Waals surface area contributed by atoms with E-state index >= 15 is 0 Å². The van der Waals surface area contributed by atoms with Gasteiger partial charge in [0, 0.05) is 6.54 Å². The highest BCUT2D eigenvalue weighted by Crippen LogP contribution is 2.26. The van der Waals surface area contributed by atoms with E-state index in [0.29, 0.717) is 24.7 Å². The lowest BCUT2D eigenvalue weighted by atomic mass is 10.3. The molecule has 0 spiro atoms. The van der Waals surface area contributed by atoms with Crippen molar-refractivity contribution in [1.29, 1.82) is 0 Å². The topological polar surface area (TPSA) is 50.7 Å². The Morgan fingerprint density at radius 3 is 2.41 bits per heavy atom. The quantitative estimate of drug-likeness (QED) is 0.720. The second-order valence-corrected chi connectivity index (χ2v) is 3.65. The number of likely N-dealkylation sites (N-methyl/N-ethyl adjacent to an activating group) is 1. The molecule has 0 amide bonds. The molecule has 0 fully saturated rings. The lowest BCUT2D eigenvalue weighted by Gasteiger charge is -2.15. The molecule has 4 heteroatoms. The minimum Gasteiger partial charge on any atom is -0.490 e. The Bertz CT molecular complexity index is 317. The molecular formula is C13H21NO3. The van der Waals surface area contributed by atoms with E-state index in [1.807, 2.05) is 38.1 Å². The molecule has 1 atom stereocenters. The second kappa shape index (κ2) is 7.92. The lowest BCUT2D eigenvalue weighted by molar-refractivity contribution is 0.105. The average molecular weight is 239 g/mol. The fourth-order valence-corrected chi connectivity index (χ4v) is 1.40. The van der Waals surface area contributed by atoms with Crippen LogP contribution in [0.2, 0.25) is 0 Å². The number of rotatable bonds is 8. The number of nitrogens with one attached hydrogen (secondary N) is 1. The fourth-order valence-electron chi connectivity index (χ4n) is 1.40. The normalized spacial score (nSPS) is 12.2. The average Bonchev–Trinajstić information content (AvgIpc) is 2.35. The van der Waals surface area contributed by atoms with Gasteiger partial charge in [-0.2, -0.15) is 0 Å². The molecule has 0 saturated heterocycles. The van der Waals surface area contributed by atoms with Gasteiger partial charge >= 0.3 is 0 Å². The zero-order chi connectivity index (χ0) is 12.5. The van der Waals surface area contributed by atoms with Gasteiger partial charge in [0.1, 0.15) is 12.7 Å². The summed E-state index contributed by atoms with van der Waals surface area (Å²) in [6.07, 6.45) is -0.510. The molecule has 1 aromatic carbocycles. The number of hydrogen-bond acceptors (Lipinski definition) is 4. The standard InChI is InChI=1S/C13H21NO3/c1-3-14-9-11(15)10-17-13-8-6-5-7-12(13)16-4-2/h5-8,11,14-15H,3-4,9-10H2,1-2H3/t11-/m0/s1. The van der Waals surface area contributed by atoms with Crippen LogP contribution in [0, 0.1) is 0 Å². The first-order chi connectivity index (χ1) is 8.27. The number of ether oxygens (including phenoxy) is 2. The van der Waals surface area contributed by atoms with Crippen molar-refractivity contribution in [2.24, 2.45) is 0 Å². The summed E-state index contributed by atoms with van der Waals surface area (Å²) in [5.74, 6) is 1.38. The van der Waals surface area contributed by atoms with Gasteiger partial charge in [0.25, 0.3) is 0 Å². The first kappa shape index (κ1) is 13.8. The Hall–Kier alpha value is -1.26. The van der Waals surface area contributed by atoms with Crippen molar-refractivity contribution >= 4 is 0 Å². The Morgan fingerprint density at radius 2 is 1.82 bits per heavy atom. The Labute approximate surface area is 103 Å². The number of aliphatic hydroxyl groups excluding tert-OH is 1. The predicted octanol–water partition coefficient (Wildman–Crippen LogP) is 1.43. The Kier molecular flexibility index (Phi) is 6.43. The van der Waals surface area contributed by atoms with Gasteiger partial charge in [-0.1, -0.05) is 19.1 Å². The molecule has 0 aliphatic carbocycles. The van der Waals surface area contributed by atoms with Gasteiger partial charge in [0.2, 0.25) is 0 Å². The molecule has 0 aliphatic heterocycles. The van der Waals surface area contributed by atoms with Crippen LogP contribution in [-0.2, 0) is 0 Å². The molecule has 0 radical (unpaired) electrons. The number of para-hydroxylation sites is 2. The molecule has 0 saturated carbocycles. The summed E-state index contributed by atoms with van der Waals surface area (Å²) in [6.45, 7) is 6.16. The van der Waals surface area contributed by atoms with Crippen molar-refractivity contribution in [3.8, 4) is 11.5 Å². The number of aliphatic hydroxyl groups is 1. The van der Waals surface area contributed by atoms with Crippen LogP contribution in [-0.4, -0.2) is 37.5 Å². The van der Waals surface area contributed by atoms with E-state index in [9.17, 15) is 5.11 Å². The molecule has 4 nitrogen and oxygen atoms in total. The predicted molar refractivity (Wildman–Crippen MR) is 67.7 cm³/mol. The van der Waals surface area contributed by atoms with E-state index in [1.165, 1.54) is 0 Å². The van der Waals surface area contributed by atoms with Gasteiger partial charge in [0.05, 0.1) is 6.61 Å². The summed E-state index contributed by atoms with van der Waals surface area (Å²) < 4.78 is 11.0. The van der Waals surface area contributed by atoms with Crippen LogP contribution in [0.3, 0.4) is 0 Å². The molecule has 0 heterocycles. The molecule has 0 aliphatic rings. The van der Waals surface area contributed by atoms with Gasteiger partial charge < -0.3 is 19.9 Å². The highest BCUT2D eigenvalue weighted by atomic mass is 16.5. The summed E-state index contributed by atoms with van der Waals surface area (Å²) in [5, 5.41) is 12.7. The molecule has 1 rings (SSSR count). The van der Waals surface area contributed by atoms with Crippen LogP contribution in [0.4, 0.5) is 0 Å². The maximum absolute atomic E-state index is 9.63. The highest BCUT2D eigenvalue weighted by molar-refractivity contribution is 5.39. The lowest BCUT2D eigenvalue weighted by Crippen LogP contribution is -2.31. The van der Waals surface area contributed by atoms with Gasteiger partial charge in [0.15, 0.2) is 11.5 Å². The molecule has 96 valence electrons. The third kappa shape index (κ3) is 5.06. The van der Waals surface area contributed by atoms with Crippen LogP contribution < -0.4 is 14.8 Å². The molecule has 17 heavy (non-hydrogen) atoms. The first-order valence-electron chi connectivity index (χ1n) is 6.01. The van der Waals surface area contributed by atoms with Crippen molar-refractivity contribution in [2.45, 2.75) is 20.0 Å². The fraction of sp³-hybridized carbons (Fsp3) is 0.538. The van der Waals surface area contributed by atoms with Crippen molar-refractivity contribution in [3.63, 3.8) is 0 Å². The SMILES string of the molecule is CCNC[C@H](O)COc1ccccc1OCC. The smallest absolute Gasteiger partial charge is 0.161 e. The summed E-state index contributed by atoms with van der Waals surface area (Å²) in [4.78, 5) is 0. The van der Waals surface area contributed by atoms with Crippen LogP contribution in [0.15, 0.2) is 24.3 Å². The third-order valence-corrected chi connectivity index (χ3v) is 2.21. The largest absolute Gasteiger partial charge is 0.490 e. The van der Waals surface area contributed by atoms with Gasteiger partial charge in [-0.15, -0.1) is 0 Å². The minimum atomic E-state index is -0.510. The van der Waals surface area contributed by atoms with Crippen molar-refractivity contribution < 1.29 is 14.6 Å². The number of hydrogen-bond donors (Lipinski definition) is 2. The van der Waals surface area contributed by atoms with Crippen LogP contribution in [0.1, 0.15) is 13.8 Å². The van der Waals surface area contributed by atoms with Gasteiger partial charge in [-0.25, -0.2) is 0 Å².